The summed E-state index contributed by atoms with van der Waals surface area (Å²) >= 11 is 0. The summed E-state index contributed by atoms with van der Waals surface area (Å²) in [6, 6.07) is 15.3. The lowest BCUT2D eigenvalue weighted by atomic mass is 9.88. The molecule has 2 aromatic rings. The van der Waals surface area contributed by atoms with Gasteiger partial charge in [0.1, 0.15) is 0 Å². The summed E-state index contributed by atoms with van der Waals surface area (Å²) in [5.74, 6) is 1.62. The predicted octanol–water partition coefficient (Wildman–Crippen LogP) is 3.35. The second kappa shape index (κ2) is 6.84. The molecule has 0 aromatic heterocycles. The van der Waals surface area contributed by atoms with Gasteiger partial charge < -0.3 is 14.8 Å². The van der Waals surface area contributed by atoms with E-state index >= 15 is 0 Å². The highest BCUT2D eigenvalue weighted by atomic mass is 16.5. The molecule has 22 heavy (non-hydrogen) atoms. The maximum Gasteiger partial charge on any atom is 0.165 e. The molecular weight excluding hydrogens is 274 g/mol. The van der Waals surface area contributed by atoms with Gasteiger partial charge in [0.25, 0.3) is 0 Å². The van der Waals surface area contributed by atoms with E-state index in [1.165, 1.54) is 17.5 Å². The van der Waals surface area contributed by atoms with E-state index in [0.29, 0.717) is 6.04 Å². The highest BCUT2D eigenvalue weighted by Gasteiger charge is 2.18. The molecule has 0 spiro atoms. The van der Waals surface area contributed by atoms with Crippen molar-refractivity contribution in [1.82, 2.24) is 5.32 Å². The van der Waals surface area contributed by atoms with Crippen molar-refractivity contribution in [1.29, 1.82) is 0 Å². The summed E-state index contributed by atoms with van der Waals surface area (Å²) in [6.07, 6.45) is 3.44. The molecule has 1 N–H and O–H groups in total. The van der Waals surface area contributed by atoms with E-state index in [2.05, 4.69) is 35.6 Å². The Balaban J connectivity index is 1.67. The third-order valence-corrected chi connectivity index (χ3v) is 4.41. The molecule has 0 saturated heterocycles. The van der Waals surface area contributed by atoms with Crippen LogP contribution in [0.3, 0.4) is 0 Å². The van der Waals surface area contributed by atoms with Crippen LogP contribution in [0.15, 0.2) is 42.5 Å². The van der Waals surface area contributed by atoms with E-state index in [9.17, 15) is 0 Å². The van der Waals surface area contributed by atoms with Gasteiger partial charge in [-0.2, -0.15) is 0 Å². The molecule has 0 fully saturated rings. The lowest BCUT2D eigenvalue weighted by Crippen LogP contribution is -2.34. The highest BCUT2D eigenvalue weighted by molar-refractivity contribution is 5.46. The fraction of sp³-hybridized carbons (Fsp3) is 0.368. The largest absolute Gasteiger partial charge is 0.493 e. The number of fused-ring (bicyclic) bond motifs is 1. The Morgan fingerprint density at radius 3 is 2.59 bits per heavy atom. The molecule has 3 heteroatoms. The van der Waals surface area contributed by atoms with Crippen LogP contribution < -0.4 is 14.8 Å². The molecule has 0 saturated carbocycles. The van der Waals surface area contributed by atoms with Gasteiger partial charge >= 0.3 is 0 Å². The van der Waals surface area contributed by atoms with Crippen molar-refractivity contribution in [3.8, 4) is 11.5 Å². The van der Waals surface area contributed by atoms with E-state index in [1.807, 2.05) is 12.1 Å². The number of methoxy groups -OCH3 is 2. The molecule has 0 aliphatic heterocycles. The van der Waals surface area contributed by atoms with Crippen LogP contribution in [-0.2, 0) is 19.4 Å². The van der Waals surface area contributed by atoms with E-state index in [-0.39, 0.29) is 0 Å². The topological polar surface area (TPSA) is 30.5 Å². The van der Waals surface area contributed by atoms with Gasteiger partial charge in [0.15, 0.2) is 11.5 Å². The minimum absolute atomic E-state index is 0.519. The van der Waals surface area contributed by atoms with Gasteiger partial charge in [0, 0.05) is 18.2 Å². The van der Waals surface area contributed by atoms with Crippen molar-refractivity contribution in [2.24, 2.45) is 0 Å². The molecule has 3 nitrogen and oxygen atoms in total. The molecule has 3 rings (SSSR count). The Hall–Kier alpha value is -2.00. The van der Waals surface area contributed by atoms with Crippen molar-refractivity contribution >= 4 is 0 Å². The lowest BCUT2D eigenvalue weighted by Gasteiger charge is -2.26. The highest BCUT2D eigenvalue weighted by Crippen LogP contribution is 2.31. The van der Waals surface area contributed by atoms with E-state index in [4.69, 9.17) is 9.47 Å². The van der Waals surface area contributed by atoms with Crippen molar-refractivity contribution in [2.75, 3.05) is 14.2 Å². The number of benzene rings is 2. The van der Waals surface area contributed by atoms with Gasteiger partial charge in [-0.1, -0.05) is 36.4 Å². The molecular formula is C19H23NO2. The molecule has 1 atom stereocenters. The second-order valence-corrected chi connectivity index (χ2v) is 5.74. The van der Waals surface area contributed by atoms with Crippen LogP contribution in [0.4, 0.5) is 0 Å². The number of nitrogens with one attached hydrogen (secondary N) is 1. The minimum atomic E-state index is 0.519. The SMILES string of the molecule is COc1cccc(CN[C@@H]2CCc3ccccc3C2)c1OC. The molecule has 0 amide bonds. The van der Waals surface area contributed by atoms with Crippen LogP contribution in [0.2, 0.25) is 0 Å². The van der Waals surface area contributed by atoms with Crippen LogP contribution in [0.1, 0.15) is 23.1 Å². The Morgan fingerprint density at radius 2 is 1.82 bits per heavy atom. The Bertz CT molecular complexity index is 639. The van der Waals surface area contributed by atoms with Crippen LogP contribution >= 0.6 is 0 Å². The number of para-hydroxylation sites is 1. The standard InChI is InChI=1S/C19H23NO2/c1-21-18-9-5-8-16(19(18)22-2)13-20-17-11-10-14-6-3-4-7-15(14)12-17/h3-9,17,20H,10-13H2,1-2H3/t17-/m1/s1. The molecule has 1 aliphatic rings. The van der Waals surface area contributed by atoms with Gasteiger partial charge in [0.2, 0.25) is 0 Å². The molecule has 0 unspecified atom stereocenters. The first-order chi connectivity index (χ1) is 10.8. The Labute approximate surface area is 132 Å². The van der Waals surface area contributed by atoms with Crippen molar-refractivity contribution < 1.29 is 9.47 Å². The first-order valence-corrected chi connectivity index (χ1v) is 7.82. The quantitative estimate of drug-likeness (QED) is 0.918. The van der Waals surface area contributed by atoms with Crippen LogP contribution in [0.5, 0.6) is 11.5 Å². The van der Waals surface area contributed by atoms with Crippen LogP contribution in [0.25, 0.3) is 0 Å². The molecule has 0 heterocycles. The number of aryl methyl sites for hydroxylation is 1. The maximum atomic E-state index is 5.50. The van der Waals surface area contributed by atoms with Gasteiger partial charge in [-0.05, 0) is 36.5 Å². The second-order valence-electron chi connectivity index (χ2n) is 5.74. The maximum absolute atomic E-state index is 5.50. The third kappa shape index (κ3) is 3.09. The van der Waals surface area contributed by atoms with E-state index in [0.717, 1.165) is 36.4 Å². The average molecular weight is 297 g/mol. The third-order valence-electron chi connectivity index (χ3n) is 4.41. The molecule has 1 aliphatic carbocycles. The Kier molecular flexibility index (Phi) is 4.64. The summed E-state index contributed by atoms with van der Waals surface area (Å²) in [7, 11) is 3.37. The van der Waals surface area contributed by atoms with Crippen LogP contribution in [-0.4, -0.2) is 20.3 Å². The van der Waals surface area contributed by atoms with Crippen molar-refractivity contribution in [3.63, 3.8) is 0 Å². The van der Waals surface area contributed by atoms with Crippen LogP contribution in [0, 0.1) is 0 Å². The summed E-state index contributed by atoms with van der Waals surface area (Å²) in [4.78, 5) is 0. The number of rotatable bonds is 5. The molecule has 0 radical (unpaired) electrons. The van der Waals surface area contributed by atoms with Crippen molar-refractivity contribution in [3.05, 3.63) is 59.2 Å². The van der Waals surface area contributed by atoms with Crippen molar-refractivity contribution in [2.45, 2.75) is 31.8 Å². The molecule has 2 aromatic carbocycles. The zero-order valence-corrected chi connectivity index (χ0v) is 13.3. The fourth-order valence-electron chi connectivity index (χ4n) is 3.22. The summed E-state index contributed by atoms with van der Waals surface area (Å²) in [5.41, 5.74) is 4.11. The normalized spacial score (nSPS) is 16.9. The van der Waals surface area contributed by atoms with Gasteiger partial charge in [0.05, 0.1) is 14.2 Å². The summed E-state index contributed by atoms with van der Waals surface area (Å²) < 4.78 is 10.9. The fourth-order valence-corrected chi connectivity index (χ4v) is 3.22. The lowest BCUT2D eigenvalue weighted by molar-refractivity contribution is 0.349. The number of hydrogen-bond donors (Lipinski definition) is 1. The molecule has 0 bridgehead atoms. The monoisotopic (exact) mass is 297 g/mol. The van der Waals surface area contributed by atoms with Gasteiger partial charge in [-0.15, -0.1) is 0 Å². The predicted molar refractivity (Wildman–Crippen MR) is 88.6 cm³/mol. The van der Waals surface area contributed by atoms with E-state index < -0.39 is 0 Å². The smallest absolute Gasteiger partial charge is 0.165 e. The Morgan fingerprint density at radius 1 is 1.00 bits per heavy atom. The zero-order valence-electron chi connectivity index (χ0n) is 13.3. The first kappa shape index (κ1) is 14.9. The molecule has 116 valence electrons. The minimum Gasteiger partial charge on any atom is -0.493 e. The van der Waals surface area contributed by atoms with Gasteiger partial charge in [-0.3, -0.25) is 0 Å². The van der Waals surface area contributed by atoms with Gasteiger partial charge in [-0.25, -0.2) is 0 Å². The first-order valence-electron chi connectivity index (χ1n) is 7.82. The summed E-state index contributed by atoms with van der Waals surface area (Å²) in [5, 5.41) is 3.67. The van der Waals surface area contributed by atoms with E-state index in [1.54, 1.807) is 14.2 Å². The summed E-state index contributed by atoms with van der Waals surface area (Å²) in [6.45, 7) is 0.799. The zero-order chi connectivity index (χ0) is 15.4. The number of hydrogen-bond acceptors (Lipinski definition) is 3. The average Bonchev–Trinajstić information content (AvgIpc) is 2.59. The number of ether oxygens (including phenoxy) is 2.